The molecule has 0 spiro atoms. The van der Waals surface area contributed by atoms with E-state index in [0.29, 0.717) is 0 Å². The van der Waals surface area contributed by atoms with E-state index in [1.807, 2.05) is 0 Å². The van der Waals surface area contributed by atoms with Crippen molar-refractivity contribution in [3.05, 3.63) is 58.7 Å². The minimum atomic E-state index is 0. The van der Waals surface area contributed by atoms with Crippen LogP contribution < -0.4 is 0 Å². The summed E-state index contributed by atoms with van der Waals surface area (Å²) in [4.78, 5) is 10.8. The third kappa shape index (κ3) is 15.2. The first kappa shape index (κ1) is 39.3. The molecule has 0 aromatic heterocycles. The van der Waals surface area contributed by atoms with Gasteiger partial charge in [0.05, 0.1) is 22.8 Å². The summed E-state index contributed by atoms with van der Waals surface area (Å²) in [5.41, 5.74) is 10.7. The first-order valence-electron chi connectivity index (χ1n) is 18.0. The van der Waals surface area contributed by atoms with Gasteiger partial charge in [-0.15, -0.1) is 0 Å². The number of rotatable bonds is 23. The molecule has 0 unspecified atom stereocenters. The number of hydrogen-bond donors (Lipinski definition) is 0. The molecule has 2 aromatic rings. The van der Waals surface area contributed by atoms with Crippen molar-refractivity contribution in [1.29, 1.82) is 0 Å². The van der Waals surface area contributed by atoms with Gasteiger partial charge in [-0.1, -0.05) is 118 Å². The summed E-state index contributed by atoms with van der Waals surface area (Å²) in [6.45, 7) is 13.7. The van der Waals surface area contributed by atoms with Crippen LogP contribution in [0, 0.1) is 0 Å². The fourth-order valence-electron chi connectivity index (χ4n) is 5.85. The van der Waals surface area contributed by atoms with E-state index in [9.17, 15) is 0 Å². The van der Waals surface area contributed by atoms with Gasteiger partial charge in [-0.05, 0) is 111 Å². The Labute approximate surface area is 277 Å². The smallest absolute Gasteiger partial charge is 0.0636 e. The molecule has 0 aliphatic rings. The van der Waals surface area contributed by atoms with Gasteiger partial charge >= 0.3 is 0 Å². The van der Waals surface area contributed by atoms with Crippen molar-refractivity contribution in [2.24, 2.45) is 9.98 Å². The number of unbranched alkanes of at least 4 members (excludes halogenated alkanes) is 8. The van der Waals surface area contributed by atoms with E-state index < -0.39 is 0 Å². The molecule has 0 amide bonds. The second kappa shape index (κ2) is 24.6. The van der Waals surface area contributed by atoms with Gasteiger partial charge in [-0.25, -0.2) is 0 Å². The fraction of sp³-hybridized carbons (Fsp3) is 0.650. The molecule has 2 nitrogen and oxygen atoms in total. The first-order valence-corrected chi connectivity index (χ1v) is 18.0. The van der Waals surface area contributed by atoms with E-state index in [1.165, 1.54) is 124 Å². The summed E-state index contributed by atoms with van der Waals surface area (Å²) in [7, 11) is 0. The molecule has 0 saturated heterocycles. The van der Waals surface area contributed by atoms with Crippen LogP contribution in [-0.2, 0) is 42.2 Å². The summed E-state index contributed by atoms with van der Waals surface area (Å²) in [5.74, 6) is 0. The van der Waals surface area contributed by atoms with Gasteiger partial charge in [0.1, 0.15) is 0 Å². The van der Waals surface area contributed by atoms with Crippen molar-refractivity contribution in [3.8, 4) is 0 Å². The maximum absolute atomic E-state index is 5.42. The van der Waals surface area contributed by atoms with Gasteiger partial charge in [-0.3, -0.25) is 9.98 Å². The summed E-state index contributed by atoms with van der Waals surface area (Å²) >= 11 is 0. The molecule has 0 aliphatic heterocycles. The van der Waals surface area contributed by atoms with Crippen LogP contribution in [-0.4, -0.2) is 11.4 Å². The molecule has 0 fully saturated rings. The quantitative estimate of drug-likeness (QED) is 0.0662. The Morgan fingerprint density at radius 2 is 0.837 bits per heavy atom. The van der Waals surface area contributed by atoms with Gasteiger partial charge < -0.3 is 0 Å². The number of aliphatic imine (C=N–C) groups is 2. The molecule has 3 heteroatoms. The van der Waals surface area contributed by atoms with Crippen LogP contribution in [0.4, 0.5) is 11.4 Å². The summed E-state index contributed by atoms with van der Waals surface area (Å²) in [6.07, 6.45) is 24.1. The van der Waals surface area contributed by atoms with Gasteiger partial charge in [0.2, 0.25) is 0 Å². The van der Waals surface area contributed by atoms with Gasteiger partial charge in [0, 0.05) is 16.5 Å². The van der Waals surface area contributed by atoms with E-state index in [-0.39, 0.29) is 16.5 Å². The largest absolute Gasteiger partial charge is 0.252 e. The number of aryl methyl sites for hydroxylation is 4. The SMILES string of the molecule is CCCCCCCCC(=N\c1ccc(CCCC)c(CCCC)c1)/C(CCCC)=N/c1ccc(CCC)c(CCC)c1.[Ni]. The molecule has 0 heterocycles. The average molecular weight is 632 g/mol. The Morgan fingerprint density at radius 3 is 1.37 bits per heavy atom. The van der Waals surface area contributed by atoms with Crippen LogP contribution in [0.1, 0.15) is 167 Å². The fourth-order valence-corrected chi connectivity index (χ4v) is 5.85. The van der Waals surface area contributed by atoms with E-state index in [0.717, 1.165) is 49.9 Å². The van der Waals surface area contributed by atoms with Gasteiger partial charge in [0.25, 0.3) is 0 Å². The van der Waals surface area contributed by atoms with Gasteiger partial charge in [0.15, 0.2) is 0 Å². The molecule has 244 valence electrons. The first-order chi connectivity index (χ1) is 20.6. The molecular formula is C40H64N2Ni. The third-order valence-electron chi connectivity index (χ3n) is 8.41. The summed E-state index contributed by atoms with van der Waals surface area (Å²) < 4.78 is 0. The minimum absolute atomic E-state index is 0. The van der Waals surface area contributed by atoms with Crippen LogP contribution in [0.5, 0.6) is 0 Å². The Kier molecular flexibility index (Phi) is 22.5. The molecule has 0 saturated carbocycles. The number of hydrogen-bond acceptors (Lipinski definition) is 2. The average Bonchev–Trinajstić information content (AvgIpc) is 3.00. The normalized spacial score (nSPS) is 12.0. The van der Waals surface area contributed by atoms with Crippen molar-refractivity contribution in [2.45, 2.75) is 170 Å². The molecule has 2 rings (SSSR count). The maximum atomic E-state index is 5.42. The van der Waals surface area contributed by atoms with Crippen LogP contribution in [0.2, 0.25) is 0 Å². The van der Waals surface area contributed by atoms with Crippen molar-refractivity contribution < 1.29 is 16.5 Å². The van der Waals surface area contributed by atoms with Crippen LogP contribution in [0.25, 0.3) is 0 Å². The molecule has 0 bridgehead atoms. The zero-order valence-corrected chi connectivity index (χ0v) is 29.8. The van der Waals surface area contributed by atoms with Crippen molar-refractivity contribution in [1.82, 2.24) is 0 Å². The van der Waals surface area contributed by atoms with E-state index in [1.54, 1.807) is 0 Å². The van der Waals surface area contributed by atoms with Crippen molar-refractivity contribution in [2.75, 3.05) is 0 Å². The predicted octanol–water partition coefficient (Wildman–Crippen LogP) is 13.1. The summed E-state index contributed by atoms with van der Waals surface area (Å²) in [5, 5.41) is 0. The van der Waals surface area contributed by atoms with E-state index >= 15 is 0 Å². The second-order valence-corrected chi connectivity index (χ2v) is 12.4. The molecule has 0 atom stereocenters. The monoisotopic (exact) mass is 630 g/mol. The Morgan fingerprint density at radius 1 is 0.419 bits per heavy atom. The van der Waals surface area contributed by atoms with Crippen molar-refractivity contribution in [3.63, 3.8) is 0 Å². The van der Waals surface area contributed by atoms with Crippen LogP contribution in [0.15, 0.2) is 46.4 Å². The molecule has 2 aromatic carbocycles. The summed E-state index contributed by atoms with van der Waals surface area (Å²) in [6, 6.07) is 14.0. The maximum Gasteiger partial charge on any atom is 0.0636 e. The number of nitrogens with zero attached hydrogens (tertiary/aromatic N) is 2. The standard InChI is InChI=1S/C40H64N2.Ni/c1-7-13-17-18-19-20-26-40(42-38-30-28-34(23-14-8-2)36(32-38)24-15-9-3)39(25-16-10-4)41-37-29-27-33(21-11-5)35(31-37)22-12-6;/h27-32H,7-26H2,1-6H3;/b41-39+,42-40+;. The molecule has 43 heavy (non-hydrogen) atoms. The Bertz CT molecular complexity index is 1070. The molecule has 0 radical (unpaired) electrons. The van der Waals surface area contributed by atoms with E-state index in [4.69, 9.17) is 9.98 Å². The van der Waals surface area contributed by atoms with Crippen LogP contribution >= 0.6 is 0 Å². The minimum Gasteiger partial charge on any atom is -0.252 e. The predicted molar refractivity (Wildman–Crippen MR) is 190 cm³/mol. The van der Waals surface area contributed by atoms with E-state index in [2.05, 4.69) is 77.9 Å². The third-order valence-corrected chi connectivity index (χ3v) is 8.41. The molecule has 0 N–H and O–H groups in total. The van der Waals surface area contributed by atoms with Gasteiger partial charge in [-0.2, -0.15) is 0 Å². The second-order valence-electron chi connectivity index (χ2n) is 12.4. The topological polar surface area (TPSA) is 24.7 Å². The van der Waals surface area contributed by atoms with Crippen LogP contribution in [0.3, 0.4) is 0 Å². The van der Waals surface area contributed by atoms with Crippen molar-refractivity contribution >= 4 is 22.8 Å². The zero-order valence-electron chi connectivity index (χ0n) is 28.8. The molecule has 0 aliphatic carbocycles. The Balaban J connectivity index is 0.00000924. The molecular weight excluding hydrogens is 567 g/mol. The zero-order chi connectivity index (χ0) is 30.4. The Hall–Kier alpha value is -1.73. The number of benzene rings is 2.